The van der Waals surface area contributed by atoms with Crippen LogP contribution >= 0.6 is 15.9 Å². The monoisotopic (exact) mass is 407 g/mol. The fourth-order valence-corrected chi connectivity index (χ4v) is 2.39. The van der Waals surface area contributed by atoms with Crippen LogP contribution < -0.4 is 20.2 Å². The number of halogens is 1. The normalized spacial score (nSPS) is 10.5. The van der Waals surface area contributed by atoms with Gasteiger partial charge in [0.15, 0.2) is 11.5 Å². The van der Waals surface area contributed by atoms with Gasteiger partial charge in [0.25, 0.3) is 5.91 Å². The van der Waals surface area contributed by atoms with Crippen LogP contribution in [0, 0.1) is 0 Å². The molecule has 0 fully saturated rings. The Morgan fingerprint density at radius 3 is 2.52 bits per heavy atom. The van der Waals surface area contributed by atoms with Crippen LogP contribution in [0.5, 0.6) is 17.2 Å². The molecule has 2 aromatic carbocycles. The number of ether oxygens (including phenoxy) is 2. The fraction of sp³-hybridized carbons (Fsp3) is 0.176. The minimum absolute atomic E-state index is 0.0794. The van der Waals surface area contributed by atoms with E-state index < -0.39 is 0 Å². The van der Waals surface area contributed by atoms with E-state index in [1.807, 2.05) is 24.3 Å². The van der Waals surface area contributed by atoms with Crippen molar-refractivity contribution in [2.45, 2.75) is 0 Å². The molecular formula is C17H18BrN3O4. The summed E-state index contributed by atoms with van der Waals surface area (Å²) in [7, 11) is 2.87. The Balaban J connectivity index is 1.93. The van der Waals surface area contributed by atoms with Crippen molar-refractivity contribution in [3.05, 3.63) is 46.4 Å². The number of carbonyl (C=O) groups is 1. The zero-order chi connectivity index (χ0) is 18.2. The van der Waals surface area contributed by atoms with E-state index in [0.717, 1.165) is 10.2 Å². The number of carbonyl (C=O) groups excluding carboxylic acids is 1. The van der Waals surface area contributed by atoms with E-state index in [9.17, 15) is 9.90 Å². The van der Waals surface area contributed by atoms with Gasteiger partial charge in [0.2, 0.25) is 5.75 Å². The molecule has 0 aromatic heterocycles. The lowest BCUT2D eigenvalue weighted by Gasteiger charge is -2.09. The number of benzene rings is 2. The lowest BCUT2D eigenvalue weighted by Crippen LogP contribution is -2.25. The summed E-state index contributed by atoms with van der Waals surface area (Å²) in [6.07, 6.45) is 1.43. The second-order valence-corrected chi connectivity index (χ2v) is 5.85. The van der Waals surface area contributed by atoms with Gasteiger partial charge in [-0.2, -0.15) is 5.10 Å². The van der Waals surface area contributed by atoms with Crippen LogP contribution in [0.25, 0.3) is 0 Å². The van der Waals surface area contributed by atoms with Gasteiger partial charge in [0.05, 0.1) is 27.0 Å². The van der Waals surface area contributed by atoms with Gasteiger partial charge in [-0.15, -0.1) is 0 Å². The quantitative estimate of drug-likeness (QED) is 0.484. The summed E-state index contributed by atoms with van der Waals surface area (Å²) in [5.74, 6) is 0.116. The van der Waals surface area contributed by atoms with Gasteiger partial charge in [-0.25, -0.2) is 5.43 Å². The zero-order valence-electron chi connectivity index (χ0n) is 13.7. The van der Waals surface area contributed by atoms with Gasteiger partial charge in [0.1, 0.15) is 0 Å². The lowest BCUT2D eigenvalue weighted by molar-refractivity contribution is -0.119. The molecule has 132 valence electrons. The number of phenols is 1. The molecule has 7 nitrogen and oxygen atoms in total. The smallest absolute Gasteiger partial charge is 0.259 e. The molecule has 0 unspecified atom stereocenters. The number of methoxy groups -OCH3 is 2. The second kappa shape index (κ2) is 8.93. The molecule has 0 bridgehead atoms. The van der Waals surface area contributed by atoms with Gasteiger partial charge in [-0.1, -0.05) is 22.0 Å². The molecule has 0 aliphatic heterocycles. The maximum absolute atomic E-state index is 11.8. The topological polar surface area (TPSA) is 92.2 Å². The van der Waals surface area contributed by atoms with E-state index in [1.54, 1.807) is 12.1 Å². The molecule has 0 heterocycles. The number of rotatable bonds is 7. The highest BCUT2D eigenvalue weighted by Crippen LogP contribution is 2.36. The number of phenolic OH excluding ortho intramolecular Hbond substituents is 1. The molecule has 0 aliphatic rings. The number of nitrogens with zero attached hydrogens (tertiary/aromatic N) is 1. The molecule has 2 rings (SSSR count). The summed E-state index contributed by atoms with van der Waals surface area (Å²) in [4.78, 5) is 11.8. The van der Waals surface area contributed by atoms with Crippen molar-refractivity contribution >= 4 is 33.7 Å². The molecule has 0 saturated carbocycles. The Bertz CT molecular complexity index is 755. The first kappa shape index (κ1) is 18.6. The first-order valence-electron chi connectivity index (χ1n) is 7.30. The Morgan fingerprint density at radius 1 is 1.24 bits per heavy atom. The first-order valence-corrected chi connectivity index (χ1v) is 8.09. The van der Waals surface area contributed by atoms with E-state index in [-0.39, 0.29) is 29.7 Å². The van der Waals surface area contributed by atoms with Crippen molar-refractivity contribution in [2.75, 3.05) is 26.1 Å². The van der Waals surface area contributed by atoms with Gasteiger partial charge >= 0.3 is 0 Å². The third-order valence-corrected chi connectivity index (χ3v) is 3.68. The molecule has 25 heavy (non-hydrogen) atoms. The second-order valence-electron chi connectivity index (χ2n) is 4.93. The minimum atomic E-state index is -0.297. The van der Waals surface area contributed by atoms with Crippen LogP contribution in [0.15, 0.2) is 46.0 Å². The average Bonchev–Trinajstić information content (AvgIpc) is 2.61. The Hall–Kier alpha value is -2.74. The predicted molar refractivity (Wildman–Crippen MR) is 99.6 cm³/mol. The van der Waals surface area contributed by atoms with Crippen molar-refractivity contribution in [3.63, 3.8) is 0 Å². The molecule has 0 saturated heterocycles. The molecule has 0 spiro atoms. The Morgan fingerprint density at radius 2 is 1.92 bits per heavy atom. The summed E-state index contributed by atoms with van der Waals surface area (Å²) in [5.41, 5.74) is 3.84. The molecule has 8 heteroatoms. The molecular weight excluding hydrogens is 390 g/mol. The summed E-state index contributed by atoms with van der Waals surface area (Å²) in [6.45, 7) is 0.0794. The number of hydrazone groups is 1. The molecule has 2 aromatic rings. The van der Waals surface area contributed by atoms with Gasteiger partial charge < -0.3 is 19.9 Å². The fourth-order valence-electron chi connectivity index (χ4n) is 1.99. The van der Waals surface area contributed by atoms with Crippen LogP contribution in [0.3, 0.4) is 0 Å². The van der Waals surface area contributed by atoms with Gasteiger partial charge in [-0.3, -0.25) is 4.79 Å². The molecule has 0 aliphatic carbocycles. The van der Waals surface area contributed by atoms with Crippen molar-refractivity contribution in [3.8, 4) is 17.2 Å². The molecule has 0 radical (unpaired) electrons. The van der Waals surface area contributed by atoms with Gasteiger partial charge in [0, 0.05) is 15.7 Å². The van der Waals surface area contributed by atoms with Crippen LogP contribution in [-0.4, -0.2) is 38.0 Å². The Kier molecular flexibility index (Phi) is 6.64. The van der Waals surface area contributed by atoms with E-state index in [2.05, 4.69) is 31.8 Å². The van der Waals surface area contributed by atoms with Crippen LogP contribution in [-0.2, 0) is 4.79 Å². The van der Waals surface area contributed by atoms with E-state index in [0.29, 0.717) is 5.56 Å². The van der Waals surface area contributed by atoms with Crippen molar-refractivity contribution in [1.29, 1.82) is 0 Å². The van der Waals surface area contributed by atoms with Crippen LogP contribution in [0.4, 0.5) is 5.69 Å². The largest absolute Gasteiger partial charge is 0.502 e. The maximum Gasteiger partial charge on any atom is 0.259 e. The molecule has 1 amide bonds. The lowest BCUT2D eigenvalue weighted by atomic mass is 10.2. The highest BCUT2D eigenvalue weighted by Gasteiger charge is 2.10. The number of anilines is 1. The minimum Gasteiger partial charge on any atom is -0.502 e. The van der Waals surface area contributed by atoms with E-state index in [4.69, 9.17) is 9.47 Å². The third kappa shape index (κ3) is 5.39. The Labute approximate surface area is 153 Å². The number of hydrogen-bond acceptors (Lipinski definition) is 6. The summed E-state index contributed by atoms with van der Waals surface area (Å²) in [6, 6.07) is 10.6. The van der Waals surface area contributed by atoms with Crippen LogP contribution in [0.1, 0.15) is 5.56 Å². The van der Waals surface area contributed by atoms with E-state index >= 15 is 0 Å². The number of hydrogen-bond donors (Lipinski definition) is 3. The van der Waals surface area contributed by atoms with Crippen molar-refractivity contribution in [2.24, 2.45) is 5.10 Å². The molecule has 3 N–H and O–H groups in total. The standard InChI is InChI=1S/C17H18BrN3O4/c1-24-14-6-11(7-15(25-2)17(14)23)9-20-21-16(22)10-19-13-5-3-4-12(18)8-13/h3-9,19,23H,10H2,1-2H3,(H,21,22)/b20-9+. The summed E-state index contributed by atoms with van der Waals surface area (Å²) < 4.78 is 11.0. The number of amides is 1. The maximum atomic E-state index is 11.8. The van der Waals surface area contributed by atoms with Gasteiger partial charge in [-0.05, 0) is 30.3 Å². The molecule has 0 atom stereocenters. The first-order chi connectivity index (χ1) is 12.0. The van der Waals surface area contributed by atoms with Crippen molar-refractivity contribution in [1.82, 2.24) is 5.43 Å². The van der Waals surface area contributed by atoms with E-state index in [1.165, 1.54) is 20.4 Å². The number of aromatic hydroxyl groups is 1. The average molecular weight is 408 g/mol. The van der Waals surface area contributed by atoms with Crippen LogP contribution in [0.2, 0.25) is 0 Å². The highest BCUT2D eigenvalue weighted by molar-refractivity contribution is 9.10. The van der Waals surface area contributed by atoms with Crippen molar-refractivity contribution < 1.29 is 19.4 Å². The third-order valence-electron chi connectivity index (χ3n) is 3.18. The predicted octanol–water partition coefficient (Wildman–Crippen LogP) is 2.73. The zero-order valence-corrected chi connectivity index (χ0v) is 15.3. The number of nitrogens with one attached hydrogen (secondary N) is 2. The highest BCUT2D eigenvalue weighted by atomic mass is 79.9. The SMILES string of the molecule is COc1cc(/C=N/NC(=O)CNc2cccc(Br)c2)cc(OC)c1O. The summed E-state index contributed by atoms with van der Waals surface area (Å²) in [5, 5.41) is 16.7. The summed E-state index contributed by atoms with van der Waals surface area (Å²) >= 11 is 3.36.